The Balaban J connectivity index is 2.18. The van der Waals surface area contributed by atoms with Crippen molar-refractivity contribution in [1.29, 1.82) is 0 Å². The average molecular weight is 254 g/mol. The van der Waals surface area contributed by atoms with Gasteiger partial charge in [-0.15, -0.1) is 0 Å². The van der Waals surface area contributed by atoms with Crippen molar-refractivity contribution < 1.29 is 9.84 Å². The molecular formula is C10H18N6O2. The fourth-order valence-electron chi connectivity index (χ4n) is 1.96. The highest BCUT2D eigenvalue weighted by Gasteiger charge is 2.32. The molecule has 2 rings (SSSR count). The van der Waals surface area contributed by atoms with E-state index in [0.717, 1.165) is 0 Å². The molecule has 2 heterocycles. The number of aliphatic hydroxyl groups is 1. The van der Waals surface area contributed by atoms with Gasteiger partial charge in [0.05, 0.1) is 12.1 Å². The van der Waals surface area contributed by atoms with Crippen LogP contribution >= 0.6 is 0 Å². The van der Waals surface area contributed by atoms with Crippen LogP contribution in [0.4, 0.5) is 17.6 Å². The van der Waals surface area contributed by atoms with Crippen LogP contribution in [0.1, 0.15) is 12.8 Å². The summed E-state index contributed by atoms with van der Waals surface area (Å²) in [6.07, 6.45) is 1.41. The summed E-state index contributed by atoms with van der Waals surface area (Å²) in [6, 6.07) is 1.64. The van der Waals surface area contributed by atoms with E-state index in [1.807, 2.05) is 0 Å². The van der Waals surface area contributed by atoms with E-state index in [1.165, 1.54) is 0 Å². The van der Waals surface area contributed by atoms with Gasteiger partial charge in [-0.25, -0.2) is 5.84 Å². The number of nitrogen functional groups attached to an aromatic ring is 2. The van der Waals surface area contributed by atoms with Crippen molar-refractivity contribution >= 4 is 17.6 Å². The van der Waals surface area contributed by atoms with E-state index in [2.05, 4.69) is 20.7 Å². The standard InChI is InChI=1S/C10H18N6O2/c11-9-13-7(5-8(14-9)16-12)15-10(6-17)1-3-18-4-2-10/h5,17H,1-4,6,12H2,(H4,11,13,14,15,16). The molecule has 0 radical (unpaired) electrons. The third-order valence-corrected chi connectivity index (χ3v) is 3.04. The highest BCUT2D eigenvalue weighted by molar-refractivity contribution is 5.51. The van der Waals surface area contributed by atoms with E-state index < -0.39 is 5.54 Å². The van der Waals surface area contributed by atoms with Crippen molar-refractivity contribution in [3.05, 3.63) is 6.07 Å². The molecule has 1 aliphatic heterocycles. The van der Waals surface area contributed by atoms with Crippen molar-refractivity contribution in [3.8, 4) is 0 Å². The molecule has 18 heavy (non-hydrogen) atoms. The lowest BCUT2D eigenvalue weighted by molar-refractivity contribution is 0.0378. The predicted molar refractivity (Wildman–Crippen MR) is 67.7 cm³/mol. The summed E-state index contributed by atoms with van der Waals surface area (Å²) in [6.45, 7) is 1.22. The van der Waals surface area contributed by atoms with Gasteiger partial charge in [0.2, 0.25) is 5.95 Å². The fourth-order valence-corrected chi connectivity index (χ4v) is 1.96. The molecule has 1 fully saturated rings. The third-order valence-electron chi connectivity index (χ3n) is 3.04. The zero-order valence-electron chi connectivity index (χ0n) is 10.0. The van der Waals surface area contributed by atoms with Gasteiger partial charge in [0.25, 0.3) is 0 Å². The molecule has 1 aromatic heterocycles. The first kappa shape index (κ1) is 12.8. The van der Waals surface area contributed by atoms with Gasteiger partial charge in [-0.1, -0.05) is 0 Å². The molecule has 0 aliphatic carbocycles. The monoisotopic (exact) mass is 254 g/mol. The molecule has 8 heteroatoms. The number of rotatable bonds is 4. The molecule has 0 saturated carbocycles. The van der Waals surface area contributed by atoms with Gasteiger partial charge in [0.1, 0.15) is 11.6 Å². The van der Waals surface area contributed by atoms with Crippen molar-refractivity contribution in [2.24, 2.45) is 5.84 Å². The van der Waals surface area contributed by atoms with Gasteiger partial charge in [-0.3, -0.25) is 0 Å². The van der Waals surface area contributed by atoms with Crippen LogP contribution in [0, 0.1) is 0 Å². The van der Waals surface area contributed by atoms with Crippen molar-refractivity contribution in [2.45, 2.75) is 18.4 Å². The quantitative estimate of drug-likeness (QED) is 0.352. The number of nitrogens with zero attached hydrogens (tertiary/aromatic N) is 2. The minimum atomic E-state index is -0.426. The molecule has 0 aromatic carbocycles. The molecule has 0 amide bonds. The Hall–Kier alpha value is -1.64. The molecule has 0 atom stereocenters. The summed E-state index contributed by atoms with van der Waals surface area (Å²) in [4.78, 5) is 7.97. The summed E-state index contributed by atoms with van der Waals surface area (Å²) in [5, 5.41) is 12.8. The molecule has 8 nitrogen and oxygen atoms in total. The van der Waals surface area contributed by atoms with E-state index in [1.54, 1.807) is 6.07 Å². The predicted octanol–water partition coefficient (Wildman–Crippen LogP) is -0.702. The van der Waals surface area contributed by atoms with Crippen LogP contribution in [-0.4, -0.2) is 40.4 Å². The number of hydrogen-bond donors (Lipinski definition) is 5. The number of hydrazine groups is 1. The van der Waals surface area contributed by atoms with E-state index in [0.29, 0.717) is 37.7 Å². The van der Waals surface area contributed by atoms with Crippen LogP contribution < -0.4 is 22.3 Å². The van der Waals surface area contributed by atoms with Gasteiger partial charge in [0, 0.05) is 19.3 Å². The SMILES string of the molecule is NNc1cc(NC2(CO)CCOCC2)nc(N)n1. The maximum absolute atomic E-state index is 9.57. The highest BCUT2D eigenvalue weighted by atomic mass is 16.5. The van der Waals surface area contributed by atoms with Crippen LogP contribution in [0.15, 0.2) is 6.07 Å². The Morgan fingerprint density at radius 1 is 1.33 bits per heavy atom. The minimum absolute atomic E-state index is 0.00561. The Kier molecular flexibility index (Phi) is 3.80. The van der Waals surface area contributed by atoms with Gasteiger partial charge in [0.15, 0.2) is 0 Å². The number of aromatic nitrogens is 2. The summed E-state index contributed by atoms with van der Waals surface area (Å²) < 4.78 is 5.29. The van der Waals surface area contributed by atoms with Crippen molar-refractivity contribution in [2.75, 3.05) is 36.3 Å². The Labute approximate surface area is 105 Å². The van der Waals surface area contributed by atoms with E-state index in [-0.39, 0.29) is 12.6 Å². The summed E-state index contributed by atoms with van der Waals surface area (Å²) in [5.41, 5.74) is 7.57. The Morgan fingerprint density at radius 2 is 2.00 bits per heavy atom. The van der Waals surface area contributed by atoms with E-state index >= 15 is 0 Å². The molecule has 1 saturated heterocycles. The molecule has 0 unspecified atom stereocenters. The lowest BCUT2D eigenvalue weighted by Gasteiger charge is -2.36. The van der Waals surface area contributed by atoms with Crippen molar-refractivity contribution in [3.63, 3.8) is 0 Å². The minimum Gasteiger partial charge on any atom is -0.394 e. The van der Waals surface area contributed by atoms with Crippen LogP contribution in [0.3, 0.4) is 0 Å². The molecular weight excluding hydrogens is 236 g/mol. The molecule has 0 spiro atoms. The number of nitrogens with two attached hydrogens (primary N) is 2. The number of hydrogen-bond acceptors (Lipinski definition) is 8. The summed E-state index contributed by atoms with van der Waals surface area (Å²) >= 11 is 0. The average Bonchev–Trinajstić information content (AvgIpc) is 2.39. The first-order valence-corrected chi connectivity index (χ1v) is 5.75. The van der Waals surface area contributed by atoms with E-state index in [4.69, 9.17) is 16.3 Å². The third kappa shape index (κ3) is 2.78. The van der Waals surface area contributed by atoms with Gasteiger partial charge in [-0.2, -0.15) is 9.97 Å². The molecule has 100 valence electrons. The molecule has 0 bridgehead atoms. The summed E-state index contributed by atoms with van der Waals surface area (Å²) in [7, 11) is 0. The van der Waals surface area contributed by atoms with Crippen LogP contribution in [0.5, 0.6) is 0 Å². The first-order chi connectivity index (χ1) is 8.67. The van der Waals surface area contributed by atoms with Crippen LogP contribution in [0.25, 0.3) is 0 Å². The maximum Gasteiger partial charge on any atom is 0.223 e. The van der Waals surface area contributed by atoms with Gasteiger partial charge >= 0.3 is 0 Å². The van der Waals surface area contributed by atoms with Crippen molar-refractivity contribution in [1.82, 2.24) is 9.97 Å². The van der Waals surface area contributed by atoms with E-state index in [9.17, 15) is 5.11 Å². The maximum atomic E-state index is 9.57. The topological polar surface area (TPSA) is 131 Å². The van der Waals surface area contributed by atoms with Crippen LogP contribution in [-0.2, 0) is 4.74 Å². The lowest BCUT2D eigenvalue weighted by Crippen LogP contribution is -2.47. The fraction of sp³-hybridized carbons (Fsp3) is 0.600. The number of nitrogens with one attached hydrogen (secondary N) is 2. The number of aliphatic hydroxyl groups excluding tert-OH is 1. The largest absolute Gasteiger partial charge is 0.394 e. The molecule has 1 aromatic rings. The zero-order chi connectivity index (χ0) is 13.0. The zero-order valence-corrected chi connectivity index (χ0v) is 10.0. The van der Waals surface area contributed by atoms with Gasteiger partial charge < -0.3 is 26.3 Å². The second-order valence-corrected chi connectivity index (χ2v) is 4.32. The Bertz CT molecular complexity index is 407. The van der Waals surface area contributed by atoms with Crippen LogP contribution in [0.2, 0.25) is 0 Å². The smallest absolute Gasteiger partial charge is 0.223 e. The summed E-state index contributed by atoms with van der Waals surface area (Å²) in [5.74, 6) is 6.37. The highest BCUT2D eigenvalue weighted by Crippen LogP contribution is 2.25. The number of ether oxygens (including phenoxy) is 1. The Morgan fingerprint density at radius 3 is 2.61 bits per heavy atom. The number of anilines is 3. The second-order valence-electron chi connectivity index (χ2n) is 4.32. The second kappa shape index (κ2) is 5.34. The first-order valence-electron chi connectivity index (χ1n) is 5.75. The molecule has 7 N–H and O–H groups in total. The molecule has 1 aliphatic rings. The lowest BCUT2D eigenvalue weighted by atomic mass is 9.91. The normalized spacial score (nSPS) is 18.3. The van der Waals surface area contributed by atoms with Gasteiger partial charge in [-0.05, 0) is 12.8 Å².